The number of hydrogen-bond donors (Lipinski definition) is 2. The van der Waals surface area contributed by atoms with Gasteiger partial charge in [-0.25, -0.2) is 0 Å². The van der Waals surface area contributed by atoms with Gasteiger partial charge in [-0.1, -0.05) is 19.1 Å². The molecule has 1 rings (SSSR count). The molecule has 0 aromatic heterocycles. The van der Waals surface area contributed by atoms with Crippen molar-refractivity contribution in [2.75, 3.05) is 11.9 Å². The normalized spacial score (nSPS) is 13.6. The van der Waals surface area contributed by atoms with E-state index in [0.717, 1.165) is 0 Å². The van der Waals surface area contributed by atoms with Crippen molar-refractivity contribution in [1.29, 1.82) is 0 Å². The van der Waals surface area contributed by atoms with Crippen molar-refractivity contribution in [3.05, 3.63) is 33.9 Å². The van der Waals surface area contributed by atoms with Crippen LogP contribution in [-0.2, 0) is 4.79 Å². The highest BCUT2D eigenvalue weighted by Gasteiger charge is 2.31. The molecule has 1 unspecified atom stereocenters. The minimum atomic E-state index is -0.947. The third kappa shape index (κ3) is 3.21. The lowest BCUT2D eigenvalue weighted by Crippen LogP contribution is -2.34. The summed E-state index contributed by atoms with van der Waals surface area (Å²) in [6, 6.07) is 4.94. The molecule has 0 saturated heterocycles. The number of anilines is 1. The number of nitrogens with zero attached hydrogens (tertiary/aromatic N) is 1. The number of nitro benzene ring substituents is 1. The highest BCUT2D eigenvalue weighted by atomic mass is 16.6. The smallest absolute Gasteiger partial charge is 0.311 e. The highest BCUT2D eigenvalue weighted by Crippen LogP contribution is 2.30. The zero-order chi connectivity index (χ0) is 14.6. The maximum Gasteiger partial charge on any atom is 0.311 e. The van der Waals surface area contributed by atoms with E-state index in [1.807, 2.05) is 0 Å². The number of nitro groups is 1. The van der Waals surface area contributed by atoms with Gasteiger partial charge in [-0.3, -0.25) is 14.9 Å². The summed E-state index contributed by atoms with van der Waals surface area (Å²) in [5.41, 5.74) is -0.0572. The molecule has 19 heavy (non-hydrogen) atoms. The molecule has 0 aliphatic carbocycles. The quantitative estimate of drug-likeness (QED) is 0.610. The minimum Gasteiger partial charge on any atom is -0.481 e. The van der Waals surface area contributed by atoms with Crippen LogP contribution in [0, 0.1) is 22.5 Å². The van der Waals surface area contributed by atoms with E-state index in [1.165, 1.54) is 0 Å². The molecule has 0 fully saturated rings. The number of carboxylic acids is 1. The van der Waals surface area contributed by atoms with E-state index < -0.39 is 16.3 Å². The Kier molecular flexibility index (Phi) is 4.47. The zero-order valence-corrected chi connectivity index (χ0v) is 11.3. The lowest BCUT2D eigenvalue weighted by Gasteiger charge is -2.23. The van der Waals surface area contributed by atoms with Gasteiger partial charge in [0.1, 0.15) is 5.69 Å². The number of aliphatic carboxylic acids is 1. The standard InChI is InChI=1S/C13H18N2O4/c1-4-13(3,12(16)17)8-14-10-7-5-6-9(2)11(10)15(18)19/h5-7,14H,4,8H2,1-3H3,(H,16,17). The fourth-order valence-electron chi connectivity index (χ4n) is 1.69. The SMILES string of the molecule is CCC(C)(CNc1cccc(C)c1[N+](=O)[O-])C(=O)O. The maximum atomic E-state index is 11.2. The lowest BCUT2D eigenvalue weighted by atomic mass is 9.87. The molecule has 0 aliphatic rings. The van der Waals surface area contributed by atoms with E-state index in [1.54, 1.807) is 39.0 Å². The van der Waals surface area contributed by atoms with Gasteiger partial charge in [-0.05, 0) is 26.3 Å². The molecule has 1 aromatic carbocycles. The molecule has 6 nitrogen and oxygen atoms in total. The van der Waals surface area contributed by atoms with Crippen molar-refractivity contribution in [3.63, 3.8) is 0 Å². The summed E-state index contributed by atoms with van der Waals surface area (Å²) in [6.45, 7) is 5.19. The average Bonchev–Trinajstić information content (AvgIpc) is 2.35. The molecule has 0 bridgehead atoms. The number of benzene rings is 1. The van der Waals surface area contributed by atoms with Crippen LogP contribution in [0.25, 0.3) is 0 Å². The van der Waals surface area contributed by atoms with Crippen LogP contribution in [0.5, 0.6) is 0 Å². The van der Waals surface area contributed by atoms with Gasteiger partial charge in [0.05, 0.1) is 10.3 Å². The Hall–Kier alpha value is -2.11. The second kappa shape index (κ2) is 5.69. The van der Waals surface area contributed by atoms with Gasteiger partial charge in [0.15, 0.2) is 0 Å². The van der Waals surface area contributed by atoms with Crippen LogP contribution in [0.3, 0.4) is 0 Å². The first-order valence-electron chi connectivity index (χ1n) is 6.03. The summed E-state index contributed by atoms with van der Waals surface area (Å²) in [4.78, 5) is 21.7. The summed E-state index contributed by atoms with van der Waals surface area (Å²) >= 11 is 0. The number of nitrogens with one attached hydrogen (secondary N) is 1. The van der Waals surface area contributed by atoms with Gasteiger partial charge in [0, 0.05) is 12.1 Å². The molecule has 0 heterocycles. The van der Waals surface area contributed by atoms with Crippen molar-refractivity contribution in [3.8, 4) is 0 Å². The molecule has 0 radical (unpaired) electrons. The number of para-hydroxylation sites is 1. The fraction of sp³-hybridized carbons (Fsp3) is 0.462. The van der Waals surface area contributed by atoms with E-state index in [4.69, 9.17) is 5.11 Å². The number of aryl methyl sites for hydroxylation is 1. The van der Waals surface area contributed by atoms with E-state index in [-0.39, 0.29) is 12.2 Å². The molecular weight excluding hydrogens is 248 g/mol. The van der Waals surface area contributed by atoms with Gasteiger partial charge in [-0.15, -0.1) is 0 Å². The van der Waals surface area contributed by atoms with Crippen LogP contribution >= 0.6 is 0 Å². The largest absolute Gasteiger partial charge is 0.481 e. The molecule has 0 aliphatic heterocycles. The van der Waals surface area contributed by atoms with Gasteiger partial charge < -0.3 is 10.4 Å². The van der Waals surface area contributed by atoms with E-state index in [9.17, 15) is 14.9 Å². The van der Waals surface area contributed by atoms with Crippen LogP contribution in [0.1, 0.15) is 25.8 Å². The number of hydrogen-bond acceptors (Lipinski definition) is 4. The van der Waals surface area contributed by atoms with Crippen molar-refractivity contribution < 1.29 is 14.8 Å². The van der Waals surface area contributed by atoms with Crippen LogP contribution in [0.4, 0.5) is 11.4 Å². The molecule has 1 aromatic rings. The first-order chi connectivity index (χ1) is 8.81. The molecule has 0 amide bonds. The third-order valence-electron chi connectivity index (χ3n) is 3.39. The van der Waals surface area contributed by atoms with Gasteiger partial charge in [0.25, 0.3) is 5.69 Å². The van der Waals surface area contributed by atoms with E-state index in [0.29, 0.717) is 17.7 Å². The average molecular weight is 266 g/mol. The summed E-state index contributed by atoms with van der Waals surface area (Å²) < 4.78 is 0. The number of carboxylic acid groups (broad SMARTS) is 1. The summed E-state index contributed by atoms with van der Waals surface area (Å²) in [5.74, 6) is -0.919. The molecule has 2 N–H and O–H groups in total. The first kappa shape index (κ1) is 14.9. The molecule has 1 atom stereocenters. The van der Waals surface area contributed by atoms with Crippen molar-refractivity contribution >= 4 is 17.3 Å². The monoisotopic (exact) mass is 266 g/mol. The summed E-state index contributed by atoms with van der Waals surface area (Å²) in [7, 11) is 0. The summed E-state index contributed by atoms with van der Waals surface area (Å²) in [5, 5.41) is 23.1. The van der Waals surface area contributed by atoms with Crippen LogP contribution in [-0.4, -0.2) is 22.5 Å². The van der Waals surface area contributed by atoms with Gasteiger partial charge in [0.2, 0.25) is 0 Å². The van der Waals surface area contributed by atoms with Crippen LogP contribution in [0.15, 0.2) is 18.2 Å². The van der Waals surface area contributed by atoms with Crippen molar-refractivity contribution in [2.24, 2.45) is 5.41 Å². The second-order valence-electron chi connectivity index (χ2n) is 4.80. The lowest BCUT2D eigenvalue weighted by molar-refractivity contribution is -0.384. The Labute approximate surface area is 111 Å². The fourth-order valence-corrected chi connectivity index (χ4v) is 1.69. The Morgan fingerprint density at radius 2 is 2.16 bits per heavy atom. The Morgan fingerprint density at radius 3 is 2.63 bits per heavy atom. The summed E-state index contributed by atoms with van der Waals surface area (Å²) in [6.07, 6.45) is 0.439. The predicted octanol–water partition coefficient (Wildman–Crippen LogP) is 2.82. The van der Waals surface area contributed by atoms with Crippen molar-refractivity contribution in [1.82, 2.24) is 0 Å². The first-order valence-corrected chi connectivity index (χ1v) is 6.03. The number of rotatable bonds is 6. The van der Waals surface area contributed by atoms with E-state index >= 15 is 0 Å². The molecule has 0 spiro atoms. The Balaban J connectivity index is 2.98. The minimum absolute atomic E-state index is 0.00802. The van der Waals surface area contributed by atoms with Crippen molar-refractivity contribution in [2.45, 2.75) is 27.2 Å². The highest BCUT2D eigenvalue weighted by molar-refractivity contribution is 5.75. The predicted molar refractivity (Wildman–Crippen MR) is 72.4 cm³/mol. The van der Waals surface area contributed by atoms with Gasteiger partial charge >= 0.3 is 5.97 Å². The molecule has 0 saturated carbocycles. The number of carbonyl (C=O) groups is 1. The molecular formula is C13H18N2O4. The molecule has 104 valence electrons. The Morgan fingerprint density at radius 1 is 1.53 bits per heavy atom. The van der Waals surface area contributed by atoms with Crippen LogP contribution in [0.2, 0.25) is 0 Å². The topological polar surface area (TPSA) is 92.5 Å². The Bertz CT molecular complexity index is 501. The van der Waals surface area contributed by atoms with Crippen LogP contribution < -0.4 is 5.32 Å². The van der Waals surface area contributed by atoms with Gasteiger partial charge in [-0.2, -0.15) is 0 Å². The zero-order valence-electron chi connectivity index (χ0n) is 11.3. The van der Waals surface area contributed by atoms with E-state index in [2.05, 4.69) is 5.32 Å². The third-order valence-corrected chi connectivity index (χ3v) is 3.39. The maximum absolute atomic E-state index is 11.2. The second-order valence-corrected chi connectivity index (χ2v) is 4.80. The molecule has 6 heteroatoms.